The Bertz CT molecular complexity index is 1340. The van der Waals surface area contributed by atoms with E-state index >= 15 is 0 Å². The second kappa shape index (κ2) is 7.24. The number of carbonyl (C=O) groups excluding carboxylic acids is 3. The number of allylic oxidation sites excluding steroid dienone is 1. The lowest BCUT2D eigenvalue weighted by Gasteiger charge is -2.30. The van der Waals surface area contributed by atoms with E-state index in [-0.39, 0.29) is 18.0 Å². The van der Waals surface area contributed by atoms with Gasteiger partial charge in [-0.2, -0.15) is 5.10 Å². The minimum atomic E-state index is -1.09. The van der Waals surface area contributed by atoms with Crippen molar-refractivity contribution in [2.45, 2.75) is 12.1 Å². The highest BCUT2D eigenvalue weighted by Crippen LogP contribution is 2.47. The molecule has 4 aliphatic rings. The van der Waals surface area contributed by atoms with Gasteiger partial charge in [-0.15, -0.1) is 0 Å². The molecule has 2 fully saturated rings. The van der Waals surface area contributed by atoms with Crippen molar-refractivity contribution in [1.82, 2.24) is 5.01 Å². The molecule has 2 aromatic carbocycles. The van der Waals surface area contributed by atoms with Crippen LogP contribution in [-0.2, 0) is 9.59 Å². The third kappa shape index (κ3) is 2.76. The number of Topliss-reactive ketones (excluding diaryl/α,β-unsaturated/α-hetero) is 1. The number of ether oxygens (including phenoxy) is 2. The van der Waals surface area contributed by atoms with E-state index in [1.807, 2.05) is 0 Å². The molecule has 0 bridgehead atoms. The number of rotatable bonds is 4. The van der Waals surface area contributed by atoms with E-state index in [0.29, 0.717) is 17.2 Å². The van der Waals surface area contributed by atoms with Crippen LogP contribution in [0.1, 0.15) is 10.4 Å². The molecule has 4 atom stereocenters. The average Bonchev–Trinajstić information content (AvgIpc) is 3.51. The molecule has 0 saturated carbocycles. The monoisotopic (exact) mass is 460 g/mol. The van der Waals surface area contributed by atoms with E-state index in [1.165, 1.54) is 35.5 Å². The van der Waals surface area contributed by atoms with Crippen molar-refractivity contribution < 1.29 is 28.8 Å². The highest BCUT2D eigenvalue weighted by atomic mass is 16.7. The van der Waals surface area contributed by atoms with Gasteiger partial charge in [-0.05, 0) is 18.2 Å². The van der Waals surface area contributed by atoms with Gasteiger partial charge in [0.1, 0.15) is 6.04 Å². The Hall–Kier alpha value is -4.54. The predicted octanol–water partition coefficient (Wildman–Crippen LogP) is 1.92. The maximum absolute atomic E-state index is 13.6. The molecule has 34 heavy (non-hydrogen) atoms. The molecule has 0 unspecified atom stereocenters. The fraction of sp³-hybridized carbons (Fsp3) is 0.217. The number of amides is 2. The molecule has 0 aliphatic carbocycles. The van der Waals surface area contributed by atoms with Crippen molar-refractivity contribution in [2.24, 2.45) is 16.9 Å². The Kier molecular flexibility index (Phi) is 4.28. The van der Waals surface area contributed by atoms with Gasteiger partial charge in [0.25, 0.3) is 5.69 Å². The first-order valence-corrected chi connectivity index (χ1v) is 10.5. The van der Waals surface area contributed by atoms with Gasteiger partial charge in [0, 0.05) is 30.0 Å². The number of ketones is 1. The van der Waals surface area contributed by atoms with E-state index in [4.69, 9.17) is 9.47 Å². The highest BCUT2D eigenvalue weighted by Gasteiger charge is 2.64. The Labute approximate surface area is 192 Å². The maximum atomic E-state index is 13.6. The van der Waals surface area contributed by atoms with Gasteiger partial charge in [-0.1, -0.05) is 18.2 Å². The largest absolute Gasteiger partial charge is 0.454 e. The zero-order valence-electron chi connectivity index (χ0n) is 17.4. The van der Waals surface area contributed by atoms with Crippen LogP contribution in [0.3, 0.4) is 0 Å². The standard InChI is InChI=1S/C23H16N4O7/c28-21(12-3-1-4-14(9-12)27(31)32)20-19-18(15-5-2-8-24-26(15)20)22(29)25(23(19)30)13-6-7-16-17(10-13)34-11-33-16/h1-10,15,18-20H,11H2/t15-,18-,19+,20-/m0/s1. The van der Waals surface area contributed by atoms with Crippen LogP contribution in [0.4, 0.5) is 11.4 Å². The topological polar surface area (TPSA) is 132 Å². The van der Waals surface area contributed by atoms with Crippen LogP contribution < -0.4 is 14.4 Å². The summed E-state index contributed by atoms with van der Waals surface area (Å²) in [7, 11) is 0. The van der Waals surface area contributed by atoms with E-state index in [2.05, 4.69) is 5.10 Å². The first-order valence-electron chi connectivity index (χ1n) is 10.5. The van der Waals surface area contributed by atoms with Crippen molar-refractivity contribution >= 4 is 35.2 Å². The van der Waals surface area contributed by atoms with E-state index in [1.54, 1.807) is 30.4 Å². The molecule has 2 amide bonds. The molecule has 0 aromatic heterocycles. The van der Waals surface area contributed by atoms with Gasteiger partial charge in [-0.3, -0.25) is 29.5 Å². The second-order valence-electron chi connectivity index (χ2n) is 8.24. The fourth-order valence-corrected chi connectivity index (χ4v) is 5.06. The first kappa shape index (κ1) is 20.1. The van der Waals surface area contributed by atoms with Gasteiger partial charge < -0.3 is 9.47 Å². The molecule has 11 nitrogen and oxygen atoms in total. The summed E-state index contributed by atoms with van der Waals surface area (Å²) in [6.07, 6.45) is 4.88. The minimum absolute atomic E-state index is 0.0472. The number of hydrogen-bond acceptors (Lipinski definition) is 9. The van der Waals surface area contributed by atoms with Crippen molar-refractivity contribution in [1.29, 1.82) is 0 Å². The molecule has 0 spiro atoms. The zero-order chi connectivity index (χ0) is 23.6. The number of nitro groups is 1. The molecule has 11 heteroatoms. The predicted molar refractivity (Wildman–Crippen MR) is 117 cm³/mol. The summed E-state index contributed by atoms with van der Waals surface area (Å²) in [5.41, 5.74) is 0.157. The van der Waals surface area contributed by atoms with Crippen LogP contribution in [0.15, 0.2) is 59.7 Å². The van der Waals surface area contributed by atoms with Crippen LogP contribution in [0, 0.1) is 22.0 Å². The number of nitrogens with zero attached hydrogens (tertiary/aromatic N) is 4. The molecule has 0 N–H and O–H groups in total. The fourth-order valence-electron chi connectivity index (χ4n) is 5.06. The summed E-state index contributed by atoms with van der Waals surface area (Å²) >= 11 is 0. The Morgan fingerprint density at radius 2 is 1.85 bits per heavy atom. The van der Waals surface area contributed by atoms with Gasteiger partial charge >= 0.3 is 0 Å². The molecule has 6 rings (SSSR count). The summed E-state index contributed by atoms with van der Waals surface area (Å²) < 4.78 is 10.7. The lowest BCUT2D eigenvalue weighted by atomic mass is 9.86. The molecule has 4 aliphatic heterocycles. The number of fused-ring (bicyclic) bond motifs is 4. The van der Waals surface area contributed by atoms with Crippen molar-refractivity contribution in [2.75, 3.05) is 11.7 Å². The average molecular weight is 460 g/mol. The van der Waals surface area contributed by atoms with Gasteiger partial charge in [0.2, 0.25) is 18.6 Å². The van der Waals surface area contributed by atoms with E-state index < -0.39 is 46.4 Å². The van der Waals surface area contributed by atoms with Crippen LogP contribution in [0.2, 0.25) is 0 Å². The number of carbonyl (C=O) groups is 3. The number of anilines is 1. The van der Waals surface area contributed by atoms with Crippen molar-refractivity contribution in [3.63, 3.8) is 0 Å². The van der Waals surface area contributed by atoms with E-state index in [0.717, 1.165) is 4.90 Å². The number of imide groups is 1. The van der Waals surface area contributed by atoms with Crippen LogP contribution >= 0.6 is 0 Å². The minimum Gasteiger partial charge on any atom is -0.454 e. The molecular formula is C23H16N4O7. The molecule has 0 radical (unpaired) electrons. The van der Waals surface area contributed by atoms with Gasteiger partial charge in [-0.25, -0.2) is 4.90 Å². The SMILES string of the molecule is O=C(c1cccc([N+](=O)[O-])c1)[C@@H]1[C@@H]2C(=O)N(c3ccc4c(c3)OCO4)C(=O)[C@H]2[C@@H]2C=CC=NN12. The van der Waals surface area contributed by atoms with Crippen molar-refractivity contribution in [3.05, 3.63) is 70.3 Å². The number of non-ortho nitro benzene ring substituents is 1. The van der Waals surface area contributed by atoms with Gasteiger partial charge in [0.15, 0.2) is 17.3 Å². The van der Waals surface area contributed by atoms with Crippen LogP contribution in [0.25, 0.3) is 0 Å². The highest BCUT2D eigenvalue weighted by molar-refractivity contribution is 6.24. The number of benzene rings is 2. The quantitative estimate of drug-likeness (QED) is 0.293. The summed E-state index contributed by atoms with van der Waals surface area (Å²) in [4.78, 5) is 52.4. The lowest BCUT2D eigenvalue weighted by Crippen LogP contribution is -2.46. The summed E-state index contributed by atoms with van der Waals surface area (Å²) in [5.74, 6) is -2.40. The second-order valence-corrected chi connectivity index (χ2v) is 8.24. The summed E-state index contributed by atoms with van der Waals surface area (Å²) in [6.45, 7) is 0.0472. The summed E-state index contributed by atoms with van der Waals surface area (Å²) in [5, 5.41) is 17.0. The molecule has 2 saturated heterocycles. The lowest BCUT2D eigenvalue weighted by molar-refractivity contribution is -0.384. The van der Waals surface area contributed by atoms with Crippen LogP contribution in [0.5, 0.6) is 11.5 Å². The third-order valence-corrected chi connectivity index (χ3v) is 6.52. The Morgan fingerprint density at radius 1 is 1.06 bits per heavy atom. The number of hydrazone groups is 1. The first-order chi connectivity index (χ1) is 16.5. The smallest absolute Gasteiger partial charge is 0.270 e. The van der Waals surface area contributed by atoms with E-state index in [9.17, 15) is 24.5 Å². The molecule has 4 heterocycles. The van der Waals surface area contributed by atoms with Crippen molar-refractivity contribution in [3.8, 4) is 11.5 Å². The third-order valence-electron chi connectivity index (χ3n) is 6.52. The number of nitro benzene ring substituents is 1. The Balaban J connectivity index is 1.41. The summed E-state index contributed by atoms with van der Waals surface area (Å²) in [6, 6.07) is 8.40. The Morgan fingerprint density at radius 3 is 2.68 bits per heavy atom. The maximum Gasteiger partial charge on any atom is 0.270 e. The normalized spacial score (nSPS) is 26.1. The molecule has 2 aromatic rings. The van der Waals surface area contributed by atoms with Gasteiger partial charge in [0.05, 0.1) is 28.5 Å². The van der Waals surface area contributed by atoms with Crippen LogP contribution in [-0.4, -0.2) is 52.6 Å². The zero-order valence-corrected chi connectivity index (χ0v) is 17.4. The molecule has 170 valence electrons. The number of hydrogen-bond donors (Lipinski definition) is 0. The molecular weight excluding hydrogens is 444 g/mol.